The van der Waals surface area contributed by atoms with Gasteiger partial charge in [-0.15, -0.1) is 0 Å². The maximum atomic E-state index is 12.5. The Morgan fingerprint density at radius 1 is 1.17 bits per heavy atom. The third kappa shape index (κ3) is 3.11. The van der Waals surface area contributed by atoms with Gasteiger partial charge in [-0.25, -0.2) is 4.98 Å². The first-order chi connectivity index (χ1) is 11.6. The minimum atomic E-state index is -0.198. The smallest absolute Gasteiger partial charge is 0.267 e. The average Bonchev–Trinajstić information content (AvgIpc) is 3.24. The van der Waals surface area contributed by atoms with Crippen LogP contribution in [-0.4, -0.2) is 29.7 Å². The van der Waals surface area contributed by atoms with Gasteiger partial charge in [-0.1, -0.05) is 11.3 Å². The van der Waals surface area contributed by atoms with Crippen LogP contribution < -0.4 is 14.8 Å². The first-order valence-electron chi connectivity index (χ1n) is 7.26. The summed E-state index contributed by atoms with van der Waals surface area (Å²) < 4.78 is 12.3. The van der Waals surface area contributed by atoms with Crippen molar-refractivity contribution in [3.63, 3.8) is 0 Å². The number of carbonyl (C=O) groups excluding carboxylic acids is 1. The minimum Gasteiger partial charge on any atom is -0.493 e. The van der Waals surface area contributed by atoms with Crippen LogP contribution in [0.4, 0.5) is 5.69 Å². The predicted octanol–water partition coefficient (Wildman–Crippen LogP) is 3.51. The van der Waals surface area contributed by atoms with Gasteiger partial charge in [0, 0.05) is 24.1 Å². The molecule has 0 atom stereocenters. The van der Waals surface area contributed by atoms with Gasteiger partial charge < -0.3 is 19.4 Å². The molecule has 6 nitrogen and oxygen atoms in total. The van der Waals surface area contributed by atoms with Gasteiger partial charge in [-0.3, -0.25) is 4.79 Å². The number of benzene rings is 1. The highest BCUT2D eigenvalue weighted by Gasteiger charge is 2.17. The van der Waals surface area contributed by atoms with Crippen LogP contribution >= 0.6 is 11.3 Å². The maximum Gasteiger partial charge on any atom is 0.267 e. The lowest BCUT2D eigenvalue weighted by Crippen LogP contribution is -2.11. The molecule has 0 aliphatic rings. The molecule has 1 aromatic carbocycles. The normalized spacial score (nSPS) is 10.5. The lowest BCUT2D eigenvalue weighted by Gasteiger charge is -2.10. The highest BCUT2D eigenvalue weighted by Crippen LogP contribution is 2.30. The molecule has 7 heteroatoms. The summed E-state index contributed by atoms with van der Waals surface area (Å²) in [5, 5.41) is 3.63. The average molecular weight is 343 g/mol. The fourth-order valence-electron chi connectivity index (χ4n) is 2.27. The van der Waals surface area contributed by atoms with E-state index in [0.29, 0.717) is 27.8 Å². The quantitative estimate of drug-likeness (QED) is 0.770. The lowest BCUT2D eigenvalue weighted by molar-refractivity contribution is 0.103. The maximum absolute atomic E-state index is 12.5. The molecule has 0 fully saturated rings. The van der Waals surface area contributed by atoms with Crippen LogP contribution in [0.5, 0.6) is 11.5 Å². The van der Waals surface area contributed by atoms with E-state index in [1.54, 1.807) is 32.4 Å². The van der Waals surface area contributed by atoms with Crippen LogP contribution in [-0.2, 0) is 0 Å². The largest absolute Gasteiger partial charge is 0.493 e. The molecule has 1 N–H and O–H groups in total. The molecule has 2 heterocycles. The molecule has 0 spiro atoms. The number of nitrogens with one attached hydrogen (secondary N) is 1. The second-order valence-corrected chi connectivity index (χ2v) is 6.00. The second kappa shape index (κ2) is 6.76. The van der Waals surface area contributed by atoms with Gasteiger partial charge in [0.05, 0.1) is 19.9 Å². The van der Waals surface area contributed by atoms with E-state index in [1.165, 1.54) is 11.3 Å². The van der Waals surface area contributed by atoms with Crippen molar-refractivity contribution < 1.29 is 14.3 Å². The van der Waals surface area contributed by atoms with Gasteiger partial charge in [0.1, 0.15) is 4.88 Å². The van der Waals surface area contributed by atoms with Crippen LogP contribution in [0.25, 0.3) is 5.13 Å². The third-order valence-corrected chi connectivity index (χ3v) is 4.63. The minimum absolute atomic E-state index is 0.198. The summed E-state index contributed by atoms with van der Waals surface area (Å²) in [6.45, 7) is 1.83. The van der Waals surface area contributed by atoms with E-state index in [4.69, 9.17) is 9.47 Å². The molecule has 24 heavy (non-hydrogen) atoms. The Kier molecular flexibility index (Phi) is 4.52. The number of thiazole rings is 1. The van der Waals surface area contributed by atoms with Gasteiger partial charge >= 0.3 is 0 Å². The van der Waals surface area contributed by atoms with Gasteiger partial charge in [0.25, 0.3) is 5.91 Å². The summed E-state index contributed by atoms with van der Waals surface area (Å²) in [6.07, 6.45) is 3.79. The molecule has 0 saturated carbocycles. The van der Waals surface area contributed by atoms with Crippen molar-refractivity contribution in [2.24, 2.45) is 0 Å². The number of anilines is 1. The van der Waals surface area contributed by atoms with Gasteiger partial charge in [-0.2, -0.15) is 0 Å². The predicted molar refractivity (Wildman–Crippen MR) is 93.7 cm³/mol. The van der Waals surface area contributed by atoms with Crippen LogP contribution in [0.2, 0.25) is 0 Å². The molecule has 3 aromatic rings. The van der Waals surface area contributed by atoms with Gasteiger partial charge in [0.15, 0.2) is 16.6 Å². The van der Waals surface area contributed by atoms with E-state index in [-0.39, 0.29) is 5.91 Å². The Morgan fingerprint density at radius 3 is 2.54 bits per heavy atom. The lowest BCUT2D eigenvalue weighted by atomic mass is 10.2. The zero-order valence-electron chi connectivity index (χ0n) is 13.6. The number of nitrogens with zero attached hydrogens (tertiary/aromatic N) is 2. The van der Waals surface area contributed by atoms with Crippen molar-refractivity contribution in [2.75, 3.05) is 19.5 Å². The number of amides is 1. The number of aromatic nitrogens is 2. The Bertz CT molecular complexity index is 856. The first-order valence-corrected chi connectivity index (χ1v) is 8.08. The number of rotatable bonds is 5. The second-order valence-electron chi connectivity index (χ2n) is 5.03. The fraction of sp³-hybridized carbons (Fsp3) is 0.176. The molecule has 0 unspecified atom stereocenters. The van der Waals surface area contributed by atoms with E-state index < -0.39 is 0 Å². The molecular formula is C17H17N3O3S. The number of methoxy groups -OCH3 is 2. The molecule has 1 amide bonds. The number of ether oxygens (including phenoxy) is 2. The number of hydrogen-bond acceptors (Lipinski definition) is 5. The molecular weight excluding hydrogens is 326 g/mol. The van der Waals surface area contributed by atoms with Crippen LogP contribution in [0.15, 0.2) is 42.7 Å². The van der Waals surface area contributed by atoms with Crippen LogP contribution in [0.1, 0.15) is 15.4 Å². The monoisotopic (exact) mass is 343 g/mol. The fourth-order valence-corrected chi connectivity index (χ4v) is 3.20. The highest BCUT2D eigenvalue weighted by atomic mass is 32.1. The molecule has 0 bridgehead atoms. The van der Waals surface area contributed by atoms with Crippen molar-refractivity contribution in [3.05, 3.63) is 53.3 Å². The Balaban J connectivity index is 1.83. The zero-order valence-corrected chi connectivity index (χ0v) is 14.4. The molecule has 0 aliphatic heterocycles. The summed E-state index contributed by atoms with van der Waals surface area (Å²) in [5.41, 5.74) is 1.33. The van der Waals surface area contributed by atoms with Crippen molar-refractivity contribution >= 4 is 22.9 Å². The summed E-state index contributed by atoms with van der Waals surface area (Å²) in [6, 6.07) is 9.07. The number of carbonyl (C=O) groups is 1. The van der Waals surface area contributed by atoms with E-state index in [0.717, 1.165) is 5.13 Å². The van der Waals surface area contributed by atoms with Crippen molar-refractivity contribution in [2.45, 2.75) is 6.92 Å². The SMILES string of the molecule is COc1ccc(NC(=O)c2sc(-n3cccc3)nc2C)cc1OC. The van der Waals surface area contributed by atoms with Gasteiger partial charge in [-0.05, 0) is 31.2 Å². The Morgan fingerprint density at radius 2 is 1.88 bits per heavy atom. The van der Waals surface area contributed by atoms with Crippen molar-refractivity contribution in [1.82, 2.24) is 9.55 Å². The number of aryl methyl sites for hydroxylation is 1. The van der Waals surface area contributed by atoms with Gasteiger partial charge in [0.2, 0.25) is 0 Å². The molecule has 2 aromatic heterocycles. The summed E-state index contributed by atoms with van der Waals surface area (Å²) >= 11 is 1.35. The molecule has 3 rings (SSSR count). The van der Waals surface area contributed by atoms with Crippen molar-refractivity contribution in [1.29, 1.82) is 0 Å². The highest BCUT2D eigenvalue weighted by molar-refractivity contribution is 7.16. The molecule has 124 valence electrons. The third-order valence-electron chi connectivity index (χ3n) is 3.46. The van der Waals surface area contributed by atoms with E-state index in [2.05, 4.69) is 10.3 Å². The zero-order chi connectivity index (χ0) is 17.1. The first kappa shape index (κ1) is 16.1. The molecule has 0 aliphatic carbocycles. The standard InChI is InChI=1S/C17H17N3O3S/c1-11-15(24-17(18-11)20-8-4-5-9-20)16(21)19-12-6-7-13(22-2)14(10-12)23-3/h4-10H,1-3H3,(H,19,21). The summed E-state index contributed by atoms with van der Waals surface area (Å²) in [7, 11) is 3.12. The molecule has 0 saturated heterocycles. The van der Waals surface area contributed by atoms with Crippen LogP contribution in [0.3, 0.4) is 0 Å². The Hall–Kier alpha value is -2.80. The van der Waals surface area contributed by atoms with E-state index in [1.807, 2.05) is 36.0 Å². The van der Waals surface area contributed by atoms with Crippen molar-refractivity contribution in [3.8, 4) is 16.6 Å². The Labute approximate surface area is 143 Å². The summed E-state index contributed by atoms with van der Waals surface area (Å²) in [5.74, 6) is 0.972. The summed E-state index contributed by atoms with van der Waals surface area (Å²) in [4.78, 5) is 17.6. The van der Waals surface area contributed by atoms with E-state index in [9.17, 15) is 4.79 Å². The number of hydrogen-bond donors (Lipinski definition) is 1. The van der Waals surface area contributed by atoms with E-state index >= 15 is 0 Å². The molecule has 0 radical (unpaired) electrons. The topological polar surface area (TPSA) is 65.4 Å². The van der Waals surface area contributed by atoms with Crippen LogP contribution in [0, 0.1) is 6.92 Å².